The van der Waals surface area contributed by atoms with Crippen molar-refractivity contribution < 1.29 is 14.0 Å². The number of furan rings is 1. The molecule has 0 N–H and O–H groups in total. The molecule has 0 bridgehead atoms. The Morgan fingerprint density at radius 2 is 1.00 bits per heavy atom. The zero-order valence-electron chi connectivity index (χ0n) is 11.2. The Kier molecular flexibility index (Phi) is 3.48. The minimum atomic E-state index is 0.169. The third-order valence-electron chi connectivity index (χ3n) is 3.30. The van der Waals surface area contributed by atoms with Gasteiger partial charge in [0.1, 0.15) is 0 Å². The molecular formula is C18H12O3. The van der Waals surface area contributed by atoms with E-state index >= 15 is 0 Å². The molecule has 21 heavy (non-hydrogen) atoms. The number of carbonyl (C=O) groups excluding carboxylic acids is 2. The van der Waals surface area contributed by atoms with Crippen molar-refractivity contribution in [1.29, 1.82) is 0 Å². The fraction of sp³-hybridized carbons (Fsp3) is 0. The van der Waals surface area contributed by atoms with Gasteiger partial charge in [0.15, 0.2) is 24.1 Å². The first-order valence-electron chi connectivity index (χ1n) is 6.53. The van der Waals surface area contributed by atoms with Crippen molar-refractivity contribution in [2.45, 2.75) is 0 Å². The van der Waals surface area contributed by atoms with Gasteiger partial charge in [0.2, 0.25) is 0 Å². The van der Waals surface area contributed by atoms with E-state index in [0.29, 0.717) is 23.7 Å². The summed E-state index contributed by atoms with van der Waals surface area (Å²) < 4.78 is 5.42. The second kappa shape index (κ2) is 5.59. The van der Waals surface area contributed by atoms with Crippen molar-refractivity contribution in [2.75, 3.05) is 0 Å². The Labute approximate surface area is 121 Å². The molecular weight excluding hydrogens is 264 g/mol. The van der Waals surface area contributed by atoms with E-state index in [1.165, 1.54) is 0 Å². The second-order valence-electron chi connectivity index (χ2n) is 4.55. The van der Waals surface area contributed by atoms with E-state index in [9.17, 15) is 9.59 Å². The lowest BCUT2D eigenvalue weighted by Gasteiger charge is -2.05. The smallest absolute Gasteiger partial charge is 0.186 e. The van der Waals surface area contributed by atoms with E-state index in [1.807, 2.05) is 60.7 Å². The number of aldehydes is 2. The van der Waals surface area contributed by atoms with Crippen molar-refractivity contribution in [3.63, 3.8) is 0 Å². The highest BCUT2D eigenvalue weighted by Gasteiger charge is 2.21. The Bertz CT molecular complexity index is 705. The molecule has 1 heterocycles. The van der Waals surface area contributed by atoms with Crippen LogP contribution in [0.2, 0.25) is 0 Å². The Morgan fingerprint density at radius 1 is 0.619 bits per heavy atom. The summed E-state index contributed by atoms with van der Waals surface area (Å²) in [6, 6.07) is 18.9. The van der Waals surface area contributed by atoms with Gasteiger partial charge in [-0.1, -0.05) is 60.7 Å². The van der Waals surface area contributed by atoms with Gasteiger partial charge in [-0.05, 0) is 11.1 Å². The first-order valence-corrected chi connectivity index (χ1v) is 6.53. The number of hydrogen-bond donors (Lipinski definition) is 0. The number of carbonyl (C=O) groups is 2. The SMILES string of the molecule is O=Cc1oc(C=O)c(-c2ccccc2)c1-c1ccccc1. The lowest BCUT2D eigenvalue weighted by Crippen LogP contribution is -1.86. The van der Waals surface area contributed by atoms with E-state index in [-0.39, 0.29) is 11.5 Å². The molecule has 0 fully saturated rings. The van der Waals surface area contributed by atoms with Gasteiger partial charge in [0.05, 0.1) is 0 Å². The van der Waals surface area contributed by atoms with Gasteiger partial charge in [-0.15, -0.1) is 0 Å². The van der Waals surface area contributed by atoms with Crippen LogP contribution >= 0.6 is 0 Å². The summed E-state index contributed by atoms with van der Waals surface area (Å²) >= 11 is 0. The predicted octanol–water partition coefficient (Wildman–Crippen LogP) is 4.24. The molecule has 0 saturated heterocycles. The summed E-state index contributed by atoms with van der Waals surface area (Å²) in [6.07, 6.45) is 1.28. The third kappa shape index (κ3) is 2.30. The minimum absolute atomic E-state index is 0.169. The van der Waals surface area contributed by atoms with Crippen LogP contribution in [-0.4, -0.2) is 12.6 Å². The number of benzene rings is 2. The Hall–Kier alpha value is -2.94. The van der Waals surface area contributed by atoms with Gasteiger partial charge in [-0.3, -0.25) is 9.59 Å². The molecule has 0 aliphatic rings. The fourth-order valence-corrected chi connectivity index (χ4v) is 2.42. The van der Waals surface area contributed by atoms with Crippen molar-refractivity contribution in [2.24, 2.45) is 0 Å². The van der Waals surface area contributed by atoms with Crippen LogP contribution in [0.5, 0.6) is 0 Å². The summed E-state index contributed by atoms with van der Waals surface area (Å²) in [5.41, 5.74) is 2.99. The Morgan fingerprint density at radius 3 is 1.33 bits per heavy atom. The molecule has 0 amide bonds. The average molecular weight is 276 g/mol. The standard InChI is InChI=1S/C18H12O3/c19-11-15-17(13-7-3-1-4-8-13)18(16(12-20)21-15)14-9-5-2-6-10-14/h1-12H. The molecule has 0 saturated carbocycles. The zero-order chi connectivity index (χ0) is 14.7. The van der Waals surface area contributed by atoms with Crippen LogP contribution in [0, 0.1) is 0 Å². The zero-order valence-corrected chi connectivity index (χ0v) is 11.2. The number of rotatable bonds is 4. The van der Waals surface area contributed by atoms with Crippen molar-refractivity contribution in [3.05, 3.63) is 72.2 Å². The monoisotopic (exact) mass is 276 g/mol. The molecule has 3 aromatic rings. The van der Waals surface area contributed by atoms with Gasteiger partial charge in [-0.2, -0.15) is 0 Å². The fourth-order valence-electron chi connectivity index (χ4n) is 2.42. The molecule has 0 atom stereocenters. The molecule has 3 heteroatoms. The summed E-state index contributed by atoms with van der Waals surface area (Å²) in [7, 11) is 0. The maximum Gasteiger partial charge on any atom is 0.186 e. The van der Waals surface area contributed by atoms with Crippen molar-refractivity contribution >= 4 is 12.6 Å². The molecule has 0 aliphatic heterocycles. The highest BCUT2D eigenvalue weighted by Crippen LogP contribution is 2.38. The molecule has 2 aromatic carbocycles. The summed E-state index contributed by atoms with van der Waals surface area (Å²) in [5.74, 6) is 0.337. The second-order valence-corrected chi connectivity index (χ2v) is 4.55. The average Bonchev–Trinajstić information content (AvgIpc) is 2.95. The number of hydrogen-bond acceptors (Lipinski definition) is 3. The maximum absolute atomic E-state index is 11.3. The van der Waals surface area contributed by atoms with Crippen molar-refractivity contribution in [3.8, 4) is 22.3 Å². The van der Waals surface area contributed by atoms with Crippen LogP contribution in [0.4, 0.5) is 0 Å². The summed E-state index contributed by atoms with van der Waals surface area (Å²) in [4.78, 5) is 22.6. The first-order chi connectivity index (χ1) is 10.3. The van der Waals surface area contributed by atoms with E-state index < -0.39 is 0 Å². The first kappa shape index (κ1) is 13.1. The predicted molar refractivity (Wildman–Crippen MR) is 80.4 cm³/mol. The van der Waals surface area contributed by atoms with Gasteiger partial charge < -0.3 is 4.42 Å². The molecule has 0 unspecified atom stereocenters. The van der Waals surface area contributed by atoms with E-state index in [0.717, 1.165) is 11.1 Å². The van der Waals surface area contributed by atoms with Crippen molar-refractivity contribution in [1.82, 2.24) is 0 Å². The lowest BCUT2D eigenvalue weighted by molar-refractivity contribution is 0.108. The summed E-state index contributed by atoms with van der Waals surface area (Å²) in [5, 5.41) is 0. The molecule has 1 aromatic heterocycles. The lowest BCUT2D eigenvalue weighted by atomic mass is 9.95. The topological polar surface area (TPSA) is 47.3 Å². The molecule has 0 spiro atoms. The molecule has 3 rings (SSSR count). The third-order valence-corrected chi connectivity index (χ3v) is 3.30. The minimum Gasteiger partial charge on any atom is -0.449 e. The van der Waals surface area contributed by atoms with Crippen LogP contribution in [0.1, 0.15) is 21.1 Å². The van der Waals surface area contributed by atoms with Gasteiger partial charge in [0, 0.05) is 11.1 Å². The van der Waals surface area contributed by atoms with Gasteiger partial charge in [0.25, 0.3) is 0 Å². The van der Waals surface area contributed by atoms with Crippen LogP contribution < -0.4 is 0 Å². The van der Waals surface area contributed by atoms with Crippen LogP contribution in [0.15, 0.2) is 65.1 Å². The normalized spacial score (nSPS) is 10.3. The van der Waals surface area contributed by atoms with Gasteiger partial charge in [-0.25, -0.2) is 0 Å². The van der Waals surface area contributed by atoms with Crippen LogP contribution in [0.3, 0.4) is 0 Å². The molecule has 3 nitrogen and oxygen atoms in total. The van der Waals surface area contributed by atoms with Crippen LogP contribution in [0.25, 0.3) is 22.3 Å². The van der Waals surface area contributed by atoms with E-state index in [2.05, 4.69) is 0 Å². The Balaban J connectivity index is 2.34. The maximum atomic E-state index is 11.3. The van der Waals surface area contributed by atoms with Gasteiger partial charge >= 0.3 is 0 Å². The summed E-state index contributed by atoms with van der Waals surface area (Å²) in [6.45, 7) is 0. The molecule has 0 aliphatic carbocycles. The molecule has 102 valence electrons. The van der Waals surface area contributed by atoms with E-state index in [1.54, 1.807) is 0 Å². The highest BCUT2D eigenvalue weighted by molar-refractivity contribution is 6.00. The molecule has 0 radical (unpaired) electrons. The highest BCUT2D eigenvalue weighted by atomic mass is 16.4. The van der Waals surface area contributed by atoms with E-state index in [4.69, 9.17) is 4.42 Å². The van der Waals surface area contributed by atoms with Crippen LogP contribution in [-0.2, 0) is 0 Å². The quantitative estimate of drug-likeness (QED) is 0.670. The largest absolute Gasteiger partial charge is 0.449 e.